The van der Waals surface area contributed by atoms with Crippen molar-refractivity contribution in [1.82, 2.24) is 14.9 Å². The number of hydrogen-bond acceptors (Lipinski definition) is 4. The van der Waals surface area contributed by atoms with E-state index in [0.29, 0.717) is 29.4 Å². The molecule has 3 aromatic rings. The van der Waals surface area contributed by atoms with Crippen molar-refractivity contribution in [2.24, 2.45) is 7.05 Å². The van der Waals surface area contributed by atoms with Crippen molar-refractivity contribution in [2.45, 2.75) is 32.0 Å². The van der Waals surface area contributed by atoms with Gasteiger partial charge in [0.25, 0.3) is 5.56 Å². The highest BCUT2D eigenvalue weighted by Crippen LogP contribution is 2.17. The summed E-state index contributed by atoms with van der Waals surface area (Å²) in [6.07, 6.45) is 0.556. The van der Waals surface area contributed by atoms with Crippen LogP contribution in [-0.2, 0) is 24.8 Å². The number of nitrogens with zero attached hydrogens (tertiary/aromatic N) is 2. The predicted octanol–water partition coefficient (Wildman–Crippen LogP) is 3.40. The van der Waals surface area contributed by atoms with E-state index in [4.69, 9.17) is 0 Å². The third-order valence-corrected chi connectivity index (χ3v) is 5.87. The summed E-state index contributed by atoms with van der Waals surface area (Å²) in [6.45, 7) is 4.39. The van der Waals surface area contributed by atoms with Gasteiger partial charge in [-0.15, -0.1) is 0 Å². The van der Waals surface area contributed by atoms with Crippen LogP contribution in [0.2, 0.25) is 0 Å². The van der Waals surface area contributed by atoms with Crippen LogP contribution >= 0.6 is 11.8 Å². The van der Waals surface area contributed by atoms with Crippen LogP contribution < -0.4 is 10.9 Å². The lowest BCUT2D eigenvalue weighted by molar-refractivity contribution is -0.118. The van der Waals surface area contributed by atoms with Gasteiger partial charge in [0, 0.05) is 31.3 Å². The minimum Gasteiger partial charge on any atom is -0.351 e. The molecule has 0 aliphatic heterocycles. The van der Waals surface area contributed by atoms with Crippen molar-refractivity contribution in [3.63, 3.8) is 0 Å². The quantitative estimate of drug-likeness (QED) is 0.482. The van der Waals surface area contributed by atoms with E-state index in [1.165, 1.54) is 16.3 Å². The minimum atomic E-state index is -0.0882. The number of thioether (sulfide) groups is 1. The highest BCUT2D eigenvalue weighted by Gasteiger charge is 2.15. The molecule has 150 valence electrons. The van der Waals surface area contributed by atoms with Crippen LogP contribution in [0.25, 0.3) is 0 Å². The average molecular weight is 408 g/mol. The predicted molar refractivity (Wildman–Crippen MR) is 117 cm³/mol. The second-order valence-corrected chi connectivity index (χ2v) is 7.92. The van der Waals surface area contributed by atoms with Gasteiger partial charge in [-0.2, -0.15) is 0 Å². The van der Waals surface area contributed by atoms with E-state index in [9.17, 15) is 9.59 Å². The monoisotopic (exact) mass is 407 g/mol. The lowest BCUT2D eigenvalue weighted by Gasteiger charge is -2.13. The summed E-state index contributed by atoms with van der Waals surface area (Å²) in [7, 11) is 1.71. The first-order chi connectivity index (χ1) is 14.0. The molecule has 0 fully saturated rings. The Hall–Kier alpha value is -2.86. The number of carbonyl (C=O) groups excluding carboxylic acids is 1. The van der Waals surface area contributed by atoms with Gasteiger partial charge in [0.05, 0.1) is 5.75 Å². The van der Waals surface area contributed by atoms with E-state index >= 15 is 0 Å². The topological polar surface area (TPSA) is 64.0 Å². The molecule has 0 aliphatic rings. The van der Waals surface area contributed by atoms with Crippen LogP contribution in [0, 0.1) is 13.8 Å². The largest absolute Gasteiger partial charge is 0.351 e. The highest BCUT2D eigenvalue weighted by molar-refractivity contribution is 7.99. The lowest BCUT2D eigenvalue weighted by atomic mass is 10.0. The van der Waals surface area contributed by atoms with Crippen molar-refractivity contribution < 1.29 is 4.79 Å². The zero-order valence-electron chi connectivity index (χ0n) is 16.9. The second-order valence-electron chi connectivity index (χ2n) is 6.98. The maximum atomic E-state index is 12.9. The normalized spacial score (nSPS) is 10.7. The summed E-state index contributed by atoms with van der Waals surface area (Å²) in [5, 5.41) is 3.44. The summed E-state index contributed by atoms with van der Waals surface area (Å²) in [5.41, 5.74) is 4.67. The number of amides is 1. The van der Waals surface area contributed by atoms with Crippen molar-refractivity contribution in [2.75, 3.05) is 5.75 Å². The van der Waals surface area contributed by atoms with E-state index in [1.54, 1.807) is 7.05 Å². The molecule has 0 spiro atoms. The van der Waals surface area contributed by atoms with Crippen LogP contribution in [0.4, 0.5) is 0 Å². The van der Waals surface area contributed by atoms with Crippen LogP contribution in [0.5, 0.6) is 0 Å². The van der Waals surface area contributed by atoms with Gasteiger partial charge in [-0.25, -0.2) is 4.98 Å². The molecule has 0 atom stereocenters. The molecule has 2 aromatic carbocycles. The summed E-state index contributed by atoms with van der Waals surface area (Å²) in [5.74, 6) is 0.124. The first kappa shape index (κ1) is 20.9. The Kier molecular flexibility index (Phi) is 6.88. The molecule has 0 unspecified atom stereocenters. The average Bonchev–Trinajstić information content (AvgIpc) is 2.73. The maximum Gasteiger partial charge on any atom is 0.257 e. The van der Waals surface area contributed by atoms with Gasteiger partial charge >= 0.3 is 0 Å². The Bertz CT molecular complexity index is 1060. The molecular formula is C23H25N3O2S. The van der Waals surface area contributed by atoms with Gasteiger partial charge in [-0.05, 0) is 30.5 Å². The molecule has 0 saturated carbocycles. The van der Waals surface area contributed by atoms with Crippen molar-refractivity contribution >= 4 is 17.7 Å². The molecule has 1 amide bonds. The molecule has 0 aliphatic carbocycles. The molecular weight excluding hydrogens is 382 g/mol. The molecule has 1 heterocycles. The van der Waals surface area contributed by atoms with E-state index in [-0.39, 0.29) is 17.2 Å². The number of rotatable bonds is 7. The highest BCUT2D eigenvalue weighted by atomic mass is 32.2. The molecule has 0 radical (unpaired) electrons. The smallest absolute Gasteiger partial charge is 0.257 e. The Morgan fingerprint density at radius 3 is 2.48 bits per heavy atom. The van der Waals surface area contributed by atoms with E-state index in [0.717, 1.165) is 16.7 Å². The number of aromatic nitrogens is 2. The fourth-order valence-electron chi connectivity index (χ4n) is 3.04. The number of carbonyl (C=O) groups is 1. The molecule has 3 rings (SSSR count). The number of benzene rings is 2. The molecule has 6 heteroatoms. The Labute approximate surface area is 175 Å². The Balaban J connectivity index is 1.67. The van der Waals surface area contributed by atoms with E-state index in [2.05, 4.69) is 10.3 Å². The number of aryl methyl sites for hydroxylation is 2. The number of nitrogens with one attached hydrogen (secondary N) is 1. The summed E-state index contributed by atoms with van der Waals surface area (Å²) >= 11 is 1.28. The first-order valence-corrected chi connectivity index (χ1v) is 10.5. The van der Waals surface area contributed by atoms with Gasteiger partial charge in [0.2, 0.25) is 5.91 Å². The van der Waals surface area contributed by atoms with Gasteiger partial charge in [-0.3, -0.25) is 14.2 Å². The fraction of sp³-hybridized carbons (Fsp3) is 0.261. The molecule has 1 aromatic heterocycles. The molecule has 0 saturated heterocycles. The Morgan fingerprint density at radius 1 is 1.07 bits per heavy atom. The second kappa shape index (κ2) is 9.56. The Morgan fingerprint density at radius 2 is 1.76 bits per heavy atom. The van der Waals surface area contributed by atoms with Crippen molar-refractivity contribution in [3.8, 4) is 0 Å². The van der Waals surface area contributed by atoms with Crippen LogP contribution in [0.3, 0.4) is 0 Å². The zero-order valence-corrected chi connectivity index (χ0v) is 17.8. The SMILES string of the molecule is Cc1ccccc1Cc1c(C)nc(SCC(=O)NCc2ccccc2)n(C)c1=O. The van der Waals surface area contributed by atoms with Crippen molar-refractivity contribution in [3.05, 3.63) is 92.9 Å². The summed E-state index contributed by atoms with van der Waals surface area (Å²) in [4.78, 5) is 29.7. The number of hydrogen-bond donors (Lipinski definition) is 1. The minimum absolute atomic E-state index is 0.0621. The first-order valence-electron chi connectivity index (χ1n) is 9.50. The van der Waals surface area contributed by atoms with Crippen LogP contribution in [0.1, 0.15) is 27.9 Å². The van der Waals surface area contributed by atoms with Crippen molar-refractivity contribution in [1.29, 1.82) is 0 Å². The third kappa shape index (κ3) is 5.35. The van der Waals surface area contributed by atoms with Gasteiger partial charge in [-0.1, -0.05) is 66.4 Å². The van der Waals surface area contributed by atoms with Crippen LogP contribution in [0.15, 0.2) is 64.5 Å². The van der Waals surface area contributed by atoms with Gasteiger partial charge < -0.3 is 5.32 Å². The van der Waals surface area contributed by atoms with E-state index < -0.39 is 0 Å². The summed E-state index contributed by atoms with van der Waals surface area (Å²) < 4.78 is 1.54. The molecule has 29 heavy (non-hydrogen) atoms. The molecule has 1 N–H and O–H groups in total. The van der Waals surface area contributed by atoms with Gasteiger partial charge in [0.15, 0.2) is 5.16 Å². The maximum absolute atomic E-state index is 12.9. The van der Waals surface area contributed by atoms with E-state index in [1.807, 2.05) is 68.4 Å². The van der Waals surface area contributed by atoms with Gasteiger partial charge in [0.1, 0.15) is 0 Å². The van der Waals surface area contributed by atoms with Crippen LogP contribution in [-0.4, -0.2) is 21.2 Å². The summed E-state index contributed by atoms with van der Waals surface area (Å²) in [6, 6.07) is 17.8. The fourth-order valence-corrected chi connectivity index (χ4v) is 3.88. The zero-order chi connectivity index (χ0) is 20.8. The third-order valence-electron chi connectivity index (χ3n) is 4.84. The molecule has 0 bridgehead atoms. The lowest BCUT2D eigenvalue weighted by Crippen LogP contribution is -2.28. The molecule has 5 nitrogen and oxygen atoms in total. The standard InChI is InChI=1S/C23H25N3O2S/c1-16-9-7-8-12-19(16)13-20-17(2)25-23(26(3)22(20)28)29-15-21(27)24-14-18-10-5-4-6-11-18/h4-12H,13-15H2,1-3H3,(H,24,27).